The number of aromatic nitrogens is 1. The summed E-state index contributed by atoms with van der Waals surface area (Å²) < 4.78 is 0. The monoisotopic (exact) mass is 178 g/mol. The van der Waals surface area contributed by atoms with Crippen molar-refractivity contribution >= 4 is 0 Å². The van der Waals surface area contributed by atoms with Crippen molar-refractivity contribution in [2.75, 3.05) is 13.1 Å². The van der Waals surface area contributed by atoms with Gasteiger partial charge in [0.1, 0.15) is 0 Å². The fourth-order valence-corrected chi connectivity index (χ4v) is 1.70. The van der Waals surface area contributed by atoms with Gasteiger partial charge >= 0.3 is 0 Å². The van der Waals surface area contributed by atoms with Gasteiger partial charge in [-0.25, -0.2) is 0 Å². The van der Waals surface area contributed by atoms with Crippen molar-refractivity contribution in [1.82, 2.24) is 9.88 Å². The topological polar surface area (TPSA) is 36.4 Å². The van der Waals surface area contributed by atoms with E-state index in [2.05, 4.69) is 9.88 Å². The highest BCUT2D eigenvalue weighted by molar-refractivity contribution is 5.09. The lowest BCUT2D eigenvalue weighted by Crippen LogP contribution is -2.21. The summed E-state index contributed by atoms with van der Waals surface area (Å²) in [5, 5.41) is 9.32. The minimum Gasteiger partial charge on any atom is -0.392 e. The van der Waals surface area contributed by atoms with Crippen LogP contribution in [-0.4, -0.2) is 34.2 Å². The molecule has 1 aliphatic rings. The van der Waals surface area contributed by atoms with E-state index in [9.17, 15) is 5.11 Å². The first kappa shape index (κ1) is 8.66. The number of rotatable bonds is 2. The fraction of sp³-hybridized carbons (Fsp3) is 0.500. The second-order valence-corrected chi connectivity index (χ2v) is 3.53. The normalized spacial score (nSPS) is 23.6. The maximum Gasteiger partial charge on any atom is 0.0679 e. The molecule has 0 saturated carbocycles. The van der Waals surface area contributed by atoms with E-state index in [4.69, 9.17) is 0 Å². The van der Waals surface area contributed by atoms with Crippen molar-refractivity contribution in [3.8, 4) is 0 Å². The van der Waals surface area contributed by atoms with E-state index in [1.165, 1.54) is 5.56 Å². The Kier molecular flexibility index (Phi) is 2.57. The first-order valence-corrected chi connectivity index (χ1v) is 4.64. The largest absolute Gasteiger partial charge is 0.392 e. The van der Waals surface area contributed by atoms with Crippen molar-refractivity contribution in [2.24, 2.45) is 0 Å². The molecule has 2 rings (SSSR count). The number of pyridine rings is 1. The highest BCUT2D eigenvalue weighted by Crippen LogP contribution is 2.12. The van der Waals surface area contributed by atoms with Crippen molar-refractivity contribution in [1.29, 1.82) is 0 Å². The lowest BCUT2D eigenvalue weighted by Gasteiger charge is -2.14. The number of β-amino-alcohol motifs (C(OH)–C–C–N with tert-alkyl or cyclic N) is 1. The summed E-state index contributed by atoms with van der Waals surface area (Å²) >= 11 is 0. The molecule has 1 aliphatic heterocycles. The molecule has 1 fully saturated rings. The minimum atomic E-state index is -0.123. The predicted molar refractivity (Wildman–Crippen MR) is 50.1 cm³/mol. The van der Waals surface area contributed by atoms with Gasteiger partial charge in [-0.15, -0.1) is 0 Å². The zero-order valence-corrected chi connectivity index (χ0v) is 7.56. The Labute approximate surface area is 78.0 Å². The van der Waals surface area contributed by atoms with Crippen LogP contribution in [0.25, 0.3) is 0 Å². The number of aliphatic hydroxyl groups excluding tert-OH is 1. The summed E-state index contributed by atoms with van der Waals surface area (Å²) in [6, 6.07) is 4.04. The highest BCUT2D eigenvalue weighted by Gasteiger charge is 2.19. The molecule has 1 saturated heterocycles. The van der Waals surface area contributed by atoms with Gasteiger partial charge in [0.2, 0.25) is 0 Å². The molecule has 0 spiro atoms. The molecular formula is C10H14N2O. The molecule has 1 atom stereocenters. The average molecular weight is 178 g/mol. The molecule has 0 aromatic carbocycles. The van der Waals surface area contributed by atoms with Crippen LogP contribution in [0.2, 0.25) is 0 Å². The van der Waals surface area contributed by atoms with Crippen LogP contribution in [0.3, 0.4) is 0 Å². The van der Waals surface area contributed by atoms with Gasteiger partial charge in [0.05, 0.1) is 6.10 Å². The van der Waals surface area contributed by atoms with E-state index < -0.39 is 0 Å². The van der Waals surface area contributed by atoms with Crippen molar-refractivity contribution in [3.05, 3.63) is 30.1 Å². The first-order chi connectivity index (χ1) is 6.34. The number of aliphatic hydroxyl groups is 1. The maximum absolute atomic E-state index is 9.32. The van der Waals surface area contributed by atoms with Crippen LogP contribution in [0.15, 0.2) is 24.5 Å². The number of nitrogens with zero attached hydrogens (tertiary/aromatic N) is 2. The van der Waals surface area contributed by atoms with E-state index in [-0.39, 0.29) is 6.10 Å². The molecule has 0 amide bonds. The van der Waals surface area contributed by atoms with Crippen molar-refractivity contribution in [3.63, 3.8) is 0 Å². The zero-order chi connectivity index (χ0) is 9.10. The van der Waals surface area contributed by atoms with Crippen molar-refractivity contribution < 1.29 is 5.11 Å². The summed E-state index contributed by atoms with van der Waals surface area (Å²) in [6.07, 6.45) is 4.40. The summed E-state index contributed by atoms with van der Waals surface area (Å²) in [6.45, 7) is 2.74. The predicted octanol–water partition coefficient (Wildman–Crippen LogP) is 0.648. The quantitative estimate of drug-likeness (QED) is 0.722. The highest BCUT2D eigenvalue weighted by atomic mass is 16.3. The van der Waals surface area contributed by atoms with E-state index in [1.54, 1.807) is 0 Å². The molecular weight excluding hydrogens is 164 g/mol. The number of hydrogen-bond acceptors (Lipinski definition) is 3. The maximum atomic E-state index is 9.32. The van der Waals surface area contributed by atoms with E-state index in [0.717, 1.165) is 26.1 Å². The lowest BCUT2D eigenvalue weighted by molar-refractivity contribution is 0.175. The third-order valence-corrected chi connectivity index (χ3v) is 2.40. The van der Waals surface area contributed by atoms with Crippen LogP contribution < -0.4 is 0 Å². The van der Waals surface area contributed by atoms with Gasteiger partial charge in [-0.05, 0) is 24.1 Å². The first-order valence-electron chi connectivity index (χ1n) is 4.64. The Morgan fingerprint density at radius 3 is 2.85 bits per heavy atom. The van der Waals surface area contributed by atoms with E-state index in [0.29, 0.717) is 0 Å². The Morgan fingerprint density at radius 1 is 1.46 bits per heavy atom. The molecule has 3 heteroatoms. The minimum absolute atomic E-state index is 0.123. The molecule has 1 N–H and O–H groups in total. The third-order valence-electron chi connectivity index (χ3n) is 2.40. The zero-order valence-electron chi connectivity index (χ0n) is 7.56. The van der Waals surface area contributed by atoms with Gasteiger partial charge in [0.25, 0.3) is 0 Å². The molecule has 2 heterocycles. The summed E-state index contributed by atoms with van der Waals surface area (Å²) in [7, 11) is 0. The van der Waals surface area contributed by atoms with Gasteiger partial charge in [-0.1, -0.05) is 0 Å². The molecule has 1 aromatic rings. The van der Waals surface area contributed by atoms with Crippen LogP contribution in [0.4, 0.5) is 0 Å². The standard InChI is InChI=1S/C10H14N2O/c13-10-3-6-12(8-10)7-9-1-4-11-5-2-9/h1-2,4-5,10,13H,3,6-8H2/t10-/m0/s1. The molecule has 0 aliphatic carbocycles. The number of likely N-dealkylation sites (tertiary alicyclic amines) is 1. The smallest absolute Gasteiger partial charge is 0.0679 e. The molecule has 13 heavy (non-hydrogen) atoms. The average Bonchev–Trinajstić information content (AvgIpc) is 2.53. The van der Waals surface area contributed by atoms with Crippen LogP contribution in [0, 0.1) is 0 Å². The van der Waals surface area contributed by atoms with Gasteiger partial charge < -0.3 is 5.11 Å². The summed E-state index contributed by atoms with van der Waals surface area (Å²) in [4.78, 5) is 6.23. The van der Waals surface area contributed by atoms with E-state index in [1.807, 2.05) is 24.5 Å². The molecule has 0 radical (unpaired) electrons. The van der Waals surface area contributed by atoms with Crippen LogP contribution >= 0.6 is 0 Å². The van der Waals surface area contributed by atoms with Crippen LogP contribution in [0.1, 0.15) is 12.0 Å². The van der Waals surface area contributed by atoms with Crippen molar-refractivity contribution in [2.45, 2.75) is 19.1 Å². The van der Waals surface area contributed by atoms with E-state index >= 15 is 0 Å². The third kappa shape index (κ3) is 2.26. The molecule has 70 valence electrons. The van der Waals surface area contributed by atoms with Crippen LogP contribution in [-0.2, 0) is 6.54 Å². The second kappa shape index (κ2) is 3.85. The fourth-order valence-electron chi connectivity index (χ4n) is 1.70. The Bertz CT molecular complexity index is 263. The SMILES string of the molecule is O[C@H]1CCN(Cc2ccncc2)C1. The molecule has 0 unspecified atom stereocenters. The Hall–Kier alpha value is -0.930. The van der Waals surface area contributed by atoms with Gasteiger partial charge in [-0.2, -0.15) is 0 Å². The summed E-state index contributed by atoms with van der Waals surface area (Å²) in [5.74, 6) is 0. The molecule has 0 bridgehead atoms. The Morgan fingerprint density at radius 2 is 2.23 bits per heavy atom. The van der Waals surface area contributed by atoms with Gasteiger partial charge in [0.15, 0.2) is 0 Å². The molecule has 1 aromatic heterocycles. The Balaban J connectivity index is 1.92. The van der Waals surface area contributed by atoms with Crippen LogP contribution in [0.5, 0.6) is 0 Å². The molecule has 3 nitrogen and oxygen atoms in total. The second-order valence-electron chi connectivity index (χ2n) is 3.53. The van der Waals surface area contributed by atoms with Gasteiger partial charge in [0, 0.05) is 32.0 Å². The van der Waals surface area contributed by atoms with Gasteiger partial charge in [-0.3, -0.25) is 9.88 Å². The number of hydrogen-bond donors (Lipinski definition) is 1. The summed E-state index contributed by atoms with van der Waals surface area (Å²) in [5.41, 5.74) is 1.27. The lowest BCUT2D eigenvalue weighted by atomic mass is 10.2.